The van der Waals surface area contributed by atoms with Crippen LogP contribution in [0.5, 0.6) is 0 Å². The van der Waals surface area contributed by atoms with Crippen molar-refractivity contribution in [2.75, 3.05) is 29.6 Å². The maximum Gasteiger partial charge on any atom is 0.502 e. The Hall–Kier alpha value is -8.28. The van der Waals surface area contributed by atoms with Crippen LogP contribution in [0.25, 0.3) is 22.7 Å². The van der Waals surface area contributed by atoms with Crippen LogP contribution in [-0.2, 0) is 66.0 Å². The summed E-state index contributed by atoms with van der Waals surface area (Å²) in [5.41, 5.74) is -17.2. The van der Waals surface area contributed by atoms with Crippen molar-refractivity contribution >= 4 is 157 Å². The van der Waals surface area contributed by atoms with Gasteiger partial charge in [0.1, 0.15) is 80.1 Å². The molecule has 0 spiro atoms. The molecule has 2 unspecified atom stereocenters. The second-order valence-electron chi connectivity index (χ2n) is 19.0. The maximum atomic E-state index is 13.0. The second kappa shape index (κ2) is 31.4. The molecule has 107 heavy (non-hydrogen) atoms. The Morgan fingerprint density at radius 1 is 0.374 bits per heavy atom. The van der Waals surface area contributed by atoms with Crippen molar-refractivity contribution in [3.8, 4) is 47.0 Å². The molecular formula is C49H18Cl8F24N16O6S4. The summed E-state index contributed by atoms with van der Waals surface area (Å²) in [5.74, 6) is -3.87. The molecule has 22 nitrogen and oxygen atoms in total. The first kappa shape index (κ1) is 89.3. The molecule has 0 aliphatic rings. The number of aromatic nitrogens is 8. The molecule has 4 heterocycles. The molecule has 0 aliphatic heterocycles. The van der Waals surface area contributed by atoms with Gasteiger partial charge in [0.2, 0.25) is 0 Å². The number of nitrogens with zero attached hydrogens (tertiary/aromatic N) is 12. The Bertz CT molecular complexity index is 5110. The van der Waals surface area contributed by atoms with Crippen LogP contribution in [0.1, 0.15) is 45.0 Å². The Morgan fingerprint density at radius 3 is 0.794 bits per heavy atom. The standard InChI is InChI=1S/C13H6Cl2F6N4O2S.C12H4Cl2F6N4O2S.2C12H4Cl2F6N4OS/c1-23-11-10(28(26,27)13(19,20)21)8(4-22)24-25(11)9-6(14)2-5(3-7(9)15)12(16,17)18;13-5-1-4(11(15,16)17)2-6(14)8(5)24-10(22)9(7(3-21)23-24)27(25,26)12(18,19)20;2*13-5-1-4(11(15,16)17)2-6(14)8(5)24-10(22)9(7(3-21)23-24)26(25)12(18,19)20/h2-3,23H,1H3;1-2H,22H2;2*1-2H,22H2. The zero-order chi connectivity index (χ0) is 82.7. The van der Waals surface area contributed by atoms with Crippen molar-refractivity contribution in [2.45, 2.75) is 66.3 Å². The highest BCUT2D eigenvalue weighted by molar-refractivity contribution is 7.92. The van der Waals surface area contributed by atoms with Gasteiger partial charge in [-0.2, -0.15) is 147 Å². The number of halogens is 32. The smallest absolute Gasteiger partial charge is 0.383 e. The van der Waals surface area contributed by atoms with Gasteiger partial charge >= 0.3 is 46.7 Å². The number of alkyl halides is 24. The molecule has 0 bridgehead atoms. The first-order valence-corrected chi connectivity index (χ1v) is 33.6. The summed E-state index contributed by atoms with van der Waals surface area (Å²) in [6, 6.07) is 8.32. The summed E-state index contributed by atoms with van der Waals surface area (Å²) in [6.45, 7) is 0. The molecule has 0 saturated heterocycles. The third-order valence-corrected chi connectivity index (χ3v) is 20.1. The molecule has 4 aromatic carbocycles. The predicted octanol–water partition coefficient (Wildman–Crippen LogP) is 16.9. The van der Waals surface area contributed by atoms with E-state index < -0.39 is 239 Å². The molecule has 8 aromatic rings. The molecule has 0 saturated carbocycles. The van der Waals surface area contributed by atoms with E-state index in [1.54, 1.807) is 0 Å². The normalized spacial score (nSPS) is 13.1. The molecule has 0 amide bonds. The third kappa shape index (κ3) is 18.5. The number of nitrogens with two attached hydrogens (primary N) is 3. The summed E-state index contributed by atoms with van der Waals surface area (Å²) >= 11 is 45.9. The van der Waals surface area contributed by atoms with Gasteiger partial charge in [-0.1, -0.05) is 92.8 Å². The van der Waals surface area contributed by atoms with Crippen LogP contribution in [0.15, 0.2) is 68.1 Å². The fraction of sp³-hybridized carbons (Fsp3) is 0.184. The Kier molecular flexibility index (Phi) is 26.2. The van der Waals surface area contributed by atoms with E-state index in [-0.39, 0.29) is 4.68 Å². The Labute approximate surface area is 621 Å². The van der Waals surface area contributed by atoms with E-state index in [2.05, 4.69) is 25.7 Å². The van der Waals surface area contributed by atoms with E-state index in [0.29, 0.717) is 62.6 Å². The molecule has 0 aliphatic carbocycles. The summed E-state index contributed by atoms with van der Waals surface area (Å²) in [5, 5.41) is 46.0. The van der Waals surface area contributed by atoms with E-state index >= 15 is 0 Å². The van der Waals surface area contributed by atoms with E-state index in [0.717, 1.165) is 13.1 Å². The lowest BCUT2D eigenvalue weighted by atomic mass is 10.2. The molecular weight excluding hydrogens is 1780 g/mol. The van der Waals surface area contributed by atoms with Crippen LogP contribution in [0, 0.1) is 45.3 Å². The van der Waals surface area contributed by atoms with Crippen LogP contribution in [0.3, 0.4) is 0 Å². The highest BCUT2D eigenvalue weighted by Crippen LogP contribution is 2.47. The van der Waals surface area contributed by atoms with Crippen LogP contribution >= 0.6 is 92.8 Å². The first-order chi connectivity index (χ1) is 48.4. The van der Waals surface area contributed by atoms with Crippen LogP contribution in [0.4, 0.5) is 129 Å². The largest absolute Gasteiger partial charge is 0.502 e. The monoisotopic (exact) mass is 1790 g/mol. The van der Waals surface area contributed by atoms with E-state index in [1.165, 1.54) is 18.2 Å². The number of benzene rings is 4. The number of hydrogen-bond acceptors (Lipinski definition) is 18. The van der Waals surface area contributed by atoms with Gasteiger partial charge in [-0.15, -0.1) is 0 Å². The van der Waals surface area contributed by atoms with Gasteiger partial charge in [0, 0.05) is 7.05 Å². The quantitative estimate of drug-likeness (QED) is 0.0975. The number of nitrogen functional groups attached to an aromatic ring is 3. The van der Waals surface area contributed by atoms with Crippen molar-refractivity contribution in [3.63, 3.8) is 0 Å². The van der Waals surface area contributed by atoms with Crippen molar-refractivity contribution in [3.05, 3.63) is 134 Å². The topological polar surface area (TPSA) is 359 Å². The lowest BCUT2D eigenvalue weighted by Crippen LogP contribution is -2.24. The van der Waals surface area contributed by atoms with E-state index in [1.807, 2.05) is 0 Å². The minimum atomic E-state index is -6.09. The molecule has 58 heteroatoms. The average molecular weight is 1790 g/mol. The van der Waals surface area contributed by atoms with Gasteiger partial charge in [0.05, 0.1) is 62.4 Å². The SMILES string of the molecule is CNc1c(S(=O)(=O)C(F)(F)F)c(C#N)nn1-c1c(Cl)cc(C(F)(F)F)cc1Cl.N#Cc1nn(-c2c(Cl)cc(C(F)(F)F)cc2Cl)c(N)c1S(=O)(=O)C(F)(F)F.N#Cc1nn(-c2c(Cl)cc(C(F)(F)F)cc2Cl)c(N)c1S(=O)C(F)(F)F.N#Cc1nn(-c2c(Cl)cc(C(F)(F)F)cc2Cl)c(N)c1S(=O)C(F)(F)F. The highest BCUT2D eigenvalue weighted by atomic mass is 35.5. The second-order valence-corrected chi connectivity index (χ2v) is 28.9. The molecule has 0 fully saturated rings. The van der Waals surface area contributed by atoms with Gasteiger partial charge in [-0.3, -0.25) is 0 Å². The number of nitriles is 4. The lowest BCUT2D eigenvalue weighted by molar-refractivity contribution is -0.138. The maximum absolute atomic E-state index is 13.0. The van der Waals surface area contributed by atoms with Gasteiger partial charge in [-0.25, -0.2) is 44.0 Å². The van der Waals surface area contributed by atoms with Gasteiger partial charge in [0.15, 0.2) is 54.2 Å². The van der Waals surface area contributed by atoms with Gasteiger partial charge in [-0.05, 0) is 48.5 Å². The molecule has 7 N–H and O–H groups in total. The number of hydrogen-bond donors (Lipinski definition) is 4. The Morgan fingerprint density at radius 2 is 0.579 bits per heavy atom. The van der Waals surface area contributed by atoms with Crippen molar-refractivity contribution in [1.82, 2.24) is 39.1 Å². The summed E-state index contributed by atoms with van der Waals surface area (Å²) in [7, 11) is -18.5. The minimum Gasteiger partial charge on any atom is -0.383 e. The molecule has 2 atom stereocenters. The van der Waals surface area contributed by atoms with Gasteiger partial charge < -0.3 is 22.5 Å². The van der Waals surface area contributed by atoms with Crippen LogP contribution in [0.2, 0.25) is 40.2 Å². The Balaban J connectivity index is 0.000000256. The van der Waals surface area contributed by atoms with Crippen LogP contribution < -0.4 is 22.5 Å². The molecule has 578 valence electrons. The average Bonchev–Trinajstić information content (AvgIpc) is 1.62. The first-order valence-electron chi connectivity index (χ1n) is 25.3. The number of anilines is 4. The fourth-order valence-electron chi connectivity index (χ4n) is 7.91. The summed E-state index contributed by atoms with van der Waals surface area (Å²) in [6.07, 6.45) is -19.3. The highest BCUT2D eigenvalue weighted by Gasteiger charge is 2.53. The van der Waals surface area contributed by atoms with Crippen LogP contribution in [-0.4, -0.2) is 93.5 Å². The number of nitrogens with one attached hydrogen (secondary N) is 1. The summed E-state index contributed by atoms with van der Waals surface area (Å²) < 4.78 is 378. The van der Waals surface area contributed by atoms with E-state index in [4.69, 9.17) is 131 Å². The minimum absolute atomic E-state index is 0.252. The fourth-order valence-corrected chi connectivity index (χ4v) is 14.0. The zero-order valence-electron chi connectivity index (χ0n) is 49.4. The van der Waals surface area contributed by atoms with E-state index in [9.17, 15) is 131 Å². The summed E-state index contributed by atoms with van der Waals surface area (Å²) in [4.78, 5) is -5.47. The van der Waals surface area contributed by atoms with Crippen molar-refractivity contribution in [2.24, 2.45) is 0 Å². The zero-order valence-corrected chi connectivity index (χ0v) is 58.7. The molecule has 8 rings (SSSR count). The van der Waals surface area contributed by atoms with Gasteiger partial charge in [0.25, 0.3) is 19.7 Å². The molecule has 0 radical (unpaired) electrons. The predicted molar refractivity (Wildman–Crippen MR) is 327 cm³/mol. The molecule has 4 aromatic heterocycles. The van der Waals surface area contributed by atoms with Crippen molar-refractivity contribution in [1.29, 1.82) is 21.0 Å². The number of sulfone groups is 2. The number of rotatable bonds is 9. The lowest BCUT2D eigenvalue weighted by Gasteiger charge is -2.15. The van der Waals surface area contributed by atoms with Crippen molar-refractivity contribution < 1.29 is 131 Å². The third-order valence-electron chi connectivity index (χ3n) is 12.3.